The van der Waals surface area contributed by atoms with E-state index >= 15 is 0 Å². The molecule has 0 atom stereocenters. The van der Waals surface area contributed by atoms with Gasteiger partial charge in [0.15, 0.2) is 0 Å². The van der Waals surface area contributed by atoms with Gasteiger partial charge in [0.2, 0.25) is 0 Å². The summed E-state index contributed by atoms with van der Waals surface area (Å²) >= 11 is 0. The molecule has 0 saturated carbocycles. The summed E-state index contributed by atoms with van der Waals surface area (Å²) in [5.74, 6) is -1.89. The van der Waals surface area contributed by atoms with Crippen molar-refractivity contribution in [1.82, 2.24) is 0 Å². The molecule has 0 bridgehead atoms. The van der Waals surface area contributed by atoms with Crippen LogP contribution in [0.1, 0.15) is 39.0 Å². The average Bonchev–Trinajstić information content (AvgIpc) is 2.60. The molecule has 0 aliphatic rings. The Balaban J connectivity index is 2.23. The van der Waals surface area contributed by atoms with Gasteiger partial charge < -0.3 is 14.6 Å². The normalized spacial score (nSPS) is 11.0. The maximum Gasteiger partial charge on any atom is 0.390 e. The summed E-state index contributed by atoms with van der Waals surface area (Å²) in [6.07, 6.45) is 4.10. The van der Waals surface area contributed by atoms with Gasteiger partial charge in [0.25, 0.3) is 0 Å². The van der Waals surface area contributed by atoms with Crippen LogP contribution in [-0.4, -0.2) is 16.9 Å². The summed E-state index contributed by atoms with van der Waals surface area (Å²) in [6, 6.07) is 17.9. The molecule has 24 heavy (non-hydrogen) atoms. The van der Waals surface area contributed by atoms with Crippen LogP contribution in [0.4, 0.5) is 0 Å². The molecule has 0 amide bonds. The maximum absolute atomic E-state index is 12.0. The second kappa shape index (κ2) is 8.96. The van der Waals surface area contributed by atoms with Crippen LogP contribution < -0.4 is 9.47 Å². The molecule has 0 aliphatic heterocycles. The smallest absolute Gasteiger partial charge is 0.390 e. The zero-order valence-corrected chi connectivity index (χ0v) is 14.0. The van der Waals surface area contributed by atoms with Gasteiger partial charge in [0.05, 0.1) is 0 Å². The van der Waals surface area contributed by atoms with Crippen LogP contribution in [0.15, 0.2) is 60.7 Å². The number of benzene rings is 2. The van der Waals surface area contributed by atoms with Gasteiger partial charge in [-0.25, -0.2) is 4.79 Å². The fraction of sp³-hybridized carbons (Fsp3) is 0.350. The number of para-hydroxylation sites is 2. The van der Waals surface area contributed by atoms with E-state index in [1.165, 1.54) is 0 Å². The third kappa shape index (κ3) is 5.01. The summed E-state index contributed by atoms with van der Waals surface area (Å²) < 4.78 is 11.7. The molecule has 0 fully saturated rings. The number of unbranched alkanes of at least 4 members (excludes halogenated alkanes) is 3. The first-order valence-electron chi connectivity index (χ1n) is 8.38. The van der Waals surface area contributed by atoms with Crippen molar-refractivity contribution in [3.8, 4) is 11.5 Å². The molecule has 0 heterocycles. The highest BCUT2D eigenvalue weighted by atomic mass is 16.7. The predicted octanol–water partition coefficient (Wildman–Crippen LogP) is 4.90. The molecule has 128 valence electrons. The Morgan fingerprint density at radius 1 is 0.875 bits per heavy atom. The molecule has 2 aromatic carbocycles. The summed E-state index contributed by atoms with van der Waals surface area (Å²) in [7, 11) is 0. The predicted molar refractivity (Wildman–Crippen MR) is 93.3 cm³/mol. The molecule has 4 heteroatoms. The van der Waals surface area contributed by atoms with Crippen molar-refractivity contribution in [1.29, 1.82) is 0 Å². The minimum absolute atomic E-state index is 0.284. The van der Waals surface area contributed by atoms with Crippen LogP contribution in [0.3, 0.4) is 0 Å². The topological polar surface area (TPSA) is 55.8 Å². The second-order valence-electron chi connectivity index (χ2n) is 5.70. The summed E-state index contributed by atoms with van der Waals surface area (Å²) in [5, 5.41) is 9.85. The number of carbonyl (C=O) groups is 1. The summed E-state index contributed by atoms with van der Waals surface area (Å²) in [6.45, 7) is 2.12. The lowest BCUT2D eigenvalue weighted by Gasteiger charge is -2.31. The lowest BCUT2D eigenvalue weighted by atomic mass is 10.1. The first-order chi connectivity index (χ1) is 11.7. The lowest BCUT2D eigenvalue weighted by molar-refractivity contribution is -0.187. The highest BCUT2D eigenvalue weighted by Crippen LogP contribution is 2.28. The standard InChI is InChI=1S/C20H24O4/c1-2-3-4-11-16-20(19(21)22,23-17-12-7-5-8-13-17)24-18-14-9-6-10-15-18/h5-10,12-15H,2-4,11,16H2,1H3,(H,21,22). The molecule has 0 aliphatic carbocycles. The van der Waals surface area contributed by atoms with Crippen molar-refractivity contribution >= 4 is 5.97 Å². The monoisotopic (exact) mass is 328 g/mol. The quantitative estimate of drug-likeness (QED) is 0.498. The van der Waals surface area contributed by atoms with E-state index in [-0.39, 0.29) is 6.42 Å². The zero-order valence-electron chi connectivity index (χ0n) is 14.0. The first-order valence-corrected chi connectivity index (χ1v) is 8.38. The summed E-state index contributed by atoms with van der Waals surface area (Å²) in [5.41, 5.74) is 0. The van der Waals surface area contributed by atoms with E-state index in [0.717, 1.165) is 25.7 Å². The van der Waals surface area contributed by atoms with Crippen molar-refractivity contribution < 1.29 is 19.4 Å². The van der Waals surface area contributed by atoms with E-state index in [4.69, 9.17) is 9.47 Å². The number of carboxylic acids is 1. The van der Waals surface area contributed by atoms with E-state index in [1.807, 2.05) is 36.4 Å². The average molecular weight is 328 g/mol. The Labute approximate surface area is 143 Å². The van der Waals surface area contributed by atoms with Crippen molar-refractivity contribution in [3.63, 3.8) is 0 Å². The van der Waals surface area contributed by atoms with Crippen molar-refractivity contribution in [2.24, 2.45) is 0 Å². The zero-order chi connectivity index (χ0) is 17.3. The van der Waals surface area contributed by atoms with Gasteiger partial charge in [0, 0.05) is 6.42 Å². The Hall–Kier alpha value is -2.49. The summed E-state index contributed by atoms with van der Waals surface area (Å²) in [4.78, 5) is 12.0. The molecular formula is C20H24O4. The molecule has 2 rings (SSSR count). The van der Waals surface area contributed by atoms with Gasteiger partial charge in [-0.1, -0.05) is 62.6 Å². The Bertz CT molecular complexity index is 569. The SMILES string of the molecule is CCCCCCC(Oc1ccccc1)(Oc1ccccc1)C(=O)O. The largest absolute Gasteiger partial charge is 0.475 e. The minimum Gasteiger partial charge on any atom is -0.475 e. The molecule has 0 radical (unpaired) electrons. The highest BCUT2D eigenvalue weighted by Gasteiger charge is 2.43. The second-order valence-corrected chi connectivity index (χ2v) is 5.70. The molecule has 0 saturated heterocycles. The van der Waals surface area contributed by atoms with Gasteiger partial charge in [0.1, 0.15) is 11.5 Å². The maximum atomic E-state index is 12.0. The fourth-order valence-corrected chi connectivity index (χ4v) is 2.46. The number of aliphatic carboxylic acids is 1. The van der Waals surface area contributed by atoms with Crippen LogP contribution in [0.5, 0.6) is 11.5 Å². The molecule has 0 aromatic heterocycles. The Morgan fingerprint density at radius 3 is 1.79 bits per heavy atom. The third-order valence-electron chi connectivity index (χ3n) is 3.74. The molecule has 0 unspecified atom stereocenters. The van der Waals surface area contributed by atoms with Gasteiger partial charge in [-0.15, -0.1) is 0 Å². The number of rotatable bonds is 10. The van der Waals surface area contributed by atoms with E-state index in [9.17, 15) is 9.90 Å². The fourth-order valence-electron chi connectivity index (χ4n) is 2.46. The molecule has 1 N–H and O–H groups in total. The van der Waals surface area contributed by atoms with E-state index in [2.05, 4.69) is 6.92 Å². The van der Waals surface area contributed by atoms with Crippen molar-refractivity contribution in [2.75, 3.05) is 0 Å². The van der Waals surface area contributed by atoms with Crippen LogP contribution in [0.25, 0.3) is 0 Å². The lowest BCUT2D eigenvalue weighted by Crippen LogP contribution is -2.50. The number of carboxylic acid groups (broad SMARTS) is 1. The van der Waals surface area contributed by atoms with Crippen LogP contribution in [0, 0.1) is 0 Å². The van der Waals surface area contributed by atoms with E-state index in [1.54, 1.807) is 24.3 Å². The van der Waals surface area contributed by atoms with Gasteiger partial charge in [-0.2, -0.15) is 0 Å². The van der Waals surface area contributed by atoms with E-state index in [0.29, 0.717) is 11.5 Å². The van der Waals surface area contributed by atoms with E-state index < -0.39 is 11.8 Å². The number of ether oxygens (including phenoxy) is 2. The Morgan fingerprint density at radius 2 is 1.38 bits per heavy atom. The van der Waals surface area contributed by atoms with Crippen LogP contribution >= 0.6 is 0 Å². The minimum atomic E-state index is -1.73. The van der Waals surface area contributed by atoms with Crippen molar-refractivity contribution in [2.45, 2.75) is 44.8 Å². The van der Waals surface area contributed by atoms with Gasteiger partial charge >= 0.3 is 11.8 Å². The van der Waals surface area contributed by atoms with Crippen LogP contribution in [-0.2, 0) is 4.79 Å². The number of hydrogen-bond donors (Lipinski definition) is 1. The number of hydrogen-bond acceptors (Lipinski definition) is 3. The third-order valence-corrected chi connectivity index (χ3v) is 3.74. The molecule has 2 aromatic rings. The molecule has 4 nitrogen and oxygen atoms in total. The highest BCUT2D eigenvalue weighted by molar-refractivity contribution is 5.76. The van der Waals surface area contributed by atoms with Gasteiger partial charge in [-0.05, 0) is 30.7 Å². The Kier molecular flexibility index (Phi) is 6.67. The van der Waals surface area contributed by atoms with Gasteiger partial charge in [-0.3, -0.25) is 0 Å². The van der Waals surface area contributed by atoms with Crippen molar-refractivity contribution in [3.05, 3.63) is 60.7 Å². The van der Waals surface area contributed by atoms with Crippen LogP contribution in [0.2, 0.25) is 0 Å². The molecular weight excluding hydrogens is 304 g/mol. The molecule has 0 spiro atoms. The first kappa shape index (κ1) is 17.9.